The zero-order valence-corrected chi connectivity index (χ0v) is 13.8. The van der Waals surface area contributed by atoms with Crippen LogP contribution in [0.4, 0.5) is 0 Å². The molecule has 0 aliphatic heterocycles. The van der Waals surface area contributed by atoms with Gasteiger partial charge in [-0.15, -0.1) is 0 Å². The van der Waals surface area contributed by atoms with Crippen LogP contribution in [0.15, 0.2) is 78.5 Å². The fraction of sp³-hybridized carbons (Fsp3) is 0. The summed E-state index contributed by atoms with van der Waals surface area (Å²) in [4.78, 5) is 14.0. The van der Waals surface area contributed by atoms with E-state index in [0.717, 1.165) is 16.7 Å². The van der Waals surface area contributed by atoms with Gasteiger partial charge in [0.2, 0.25) is 0 Å². The number of aromatic nitrogens is 1. The van der Waals surface area contributed by atoms with E-state index in [2.05, 4.69) is 33.7 Å². The van der Waals surface area contributed by atoms with Gasteiger partial charge in [0, 0.05) is 16.5 Å². The molecule has 0 aliphatic rings. The van der Waals surface area contributed by atoms with Crippen LogP contribution in [0.5, 0.6) is 0 Å². The maximum Gasteiger partial charge on any atom is 0.333 e. The molecule has 0 unspecified atom stereocenters. The Morgan fingerprint density at radius 2 is 1.42 bits per heavy atom. The Hall–Kier alpha value is -3.84. The van der Waals surface area contributed by atoms with E-state index >= 15 is 0 Å². The molecule has 4 nitrogen and oxygen atoms in total. The first-order valence-corrected chi connectivity index (χ1v) is 8.10. The molecule has 4 heteroatoms. The van der Waals surface area contributed by atoms with Crippen LogP contribution in [-0.4, -0.2) is 15.6 Å². The van der Waals surface area contributed by atoms with Crippen molar-refractivity contribution >= 4 is 33.9 Å². The van der Waals surface area contributed by atoms with Gasteiger partial charge in [-0.2, -0.15) is 0 Å². The Kier molecular flexibility index (Phi) is 3.75. The van der Waals surface area contributed by atoms with Crippen LogP contribution in [0.25, 0.3) is 38.4 Å². The number of hydrogen-bond acceptors (Lipinski definition) is 1. The summed E-state index contributed by atoms with van der Waals surface area (Å²) in [6.45, 7) is 6.95. The predicted molar refractivity (Wildman–Crippen MR) is 103 cm³/mol. The van der Waals surface area contributed by atoms with Crippen LogP contribution in [0.1, 0.15) is 5.56 Å². The molecule has 3 aromatic carbocycles. The van der Waals surface area contributed by atoms with Crippen LogP contribution in [-0.2, 0) is 4.79 Å². The van der Waals surface area contributed by atoms with Crippen molar-refractivity contribution in [3.63, 3.8) is 0 Å². The van der Waals surface area contributed by atoms with E-state index in [4.69, 9.17) is 11.7 Å². The molecule has 1 heterocycles. The molecule has 0 bridgehead atoms. The number of benzene rings is 3. The van der Waals surface area contributed by atoms with Crippen LogP contribution in [0, 0.1) is 6.57 Å². The number of aliphatic carboxylic acids is 1. The highest BCUT2D eigenvalue weighted by Gasteiger charge is 2.11. The summed E-state index contributed by atoms with van der Waals surface area (Å²) >= 11 is 0. The topological polar surface area (TPSA) is 46.6 Å². The first-order chi connectivity index (χ1) is 12.7. The number of rotatable bonds is 3. The van der Waals surface area contributed by atoms with E-state index in [-0.39, 0.29) is 5.70 Å². The summed E-state index contributed by atoms with van der Waals surface area (Å²) < 4.78 is 2.19. The molecule has 4 rings (SSSR count). The maximum atomic E-state index is 11.0. The minimum atomic E-state index is -1.22. The molecule has 0 aliphatic carbocycles. The standard InChI is InChI=1S/C22H14N2O2/c1-23-19(22(25)26)14-15-10-12-16(13-11-15)24-20-8-4-2-6-17(20)18-7-3-5-9-21(18)24/h2-14H,(H,25,26)/b19-14-. The first-order valence-electron chi connectivity index (χ1n) is 8.10. The maximum absolute atomic E-state index is 11.0. The molecule has 0 saturated carbocycles. The molecule has 124 valence electrons. The highest BCUT2D eigenvalue weighted by atomic mass is 16.4. The number of nitrogens with zero attached hydrogens (tertiary/aromatic N) is 2. The van der Waals surface area contributed by atoms with Crippen LogP contribution < -0.4 is 0 Å². The van der Waals surface area contributed by atoms with Crippen molar-refractivity contribution in [1.82, 2.24) is 4.57 Å². The summed E-state index contributed by atoms with van der Waals surface area (Å²) in [5.74, 6) is -1.22. The van der Waals surface area contributed by atoms with Gasteiger partial charge in [-0.05, 0) is 35.9 Å². The fourth-order valence-corrected chi connectivity index (χ4v) is 3.22. The van der Waals surface area contributed by atoms with E-state index in [9.17, 15) is 4.79 Å². The number of carboxylic acid groups (broad SMARTS) is 1. The SMILES string of the molecule is [C-]#[N+]/C(=C\c1ccc(-n2c3ccccc3c3ccccc32)cc1)C(=O)O. The third-order valence-corrected chi connectivity index (χ3v) is 4.37. The van der Waals surface area contributed by atoms with E-state index in [1.807, 2.05) is 48.5 Å². The smallest absolute Gasteiger partial charge is 0.333 e. The summed E-state index contributed by atoms with van der Waals surface area (Å²) in [6, 6.07) is 24.0. The van der Waals surface area contributed by atoms with Crippen molar-refractivity contribution in [3.8, 4) is 5.69 Å². The van der Waals surface area contributed by atoms with Crippen molar-refractivity contribution in [2.75, 3.05) is 0 Å². The van der Waals surface area contributed by atoms with Gasteiger partial charge in [-0.3, -0.25) is 4.79 Å². The second-order valence-electron chi connectivity index (χ2n) is 5.91. The van der Waals surface area contributed by atoms with E-state index in [1.165, 1.54) is 16.8 Å². The third kappa shape index (κ3) is 2.52. The van der Waals surface area contributed by atoms with Crippen LogP contribution >= 0.6 is 0 Å². The largest absolute Gasteiger partial charge is 0.486 e. The van der Waals surface area contributed by atoms with Crippen molar-refractivity contribution in [2.24, 2.45) is 0 Å². The van der Waals surface area contributed by atoms with Gasteiger partial charge in [0.15, 0.2) is 0 Å². The summed E-state index contributed by atoms with van der Waals surface area (Å²) in [5.41, 5.74) is 3.60. The molecule has 0 atom stereocenters. The molecule has 0 amide bonds. The van der Waals surface area contributed by atoms with E-state index < -0.39 is 5.97 Å². The Labute approximate surface area is 150 Å². The van der Waals surface area contributed by atoms with E-state index in [0.29, 0.717) is 5.56 Å². The zero-order chi connectivity index (χ0) is 18.1. The average molecular weight is 338 g/mol. The van der Waals surface area contributed by atoms with Crippen molar-refractivity contribution < 1.29 is 9.90 Å². The lowest BCUT2D eigenvalue weighted by Gasteiger charge is -2.08. The number of carbonyl (C=O) groups is 1. The third-order valence-electron chi connectivity index (χ3n) is 4.37. The molecular formula is C22H14N2O2. The van der Waals surface area contributed by atoms with Gasteiger partial charge in [0.25, 0.3) is 5.70 Å². The van der Waals surface area contributed by atoms with Gasteiger partial charge < -0.3 is 9.67 Å². The quantitative estimate of drug-likeness (QED) is 0.416. The normalized spacial score (nSPS) is 11.6. The number of hydrogen-bond donors (Lipinski definition) is 1. The Balaban J connectivity index is 1.88. The number of fused-ring (bicyclic) bond motifs is 3. The van der Waals surface area contributed by atoms with Crippen molar-refractivity contribution in [2.45, 2.75) is 0 Å². The minimum Gasteiger partial charge on any atom is -0.486 e. The van der Waals surface area contributed by atoms with Gasteiger partial charge in [-0.25, -0.2) is 4.85 Å². The van der Waals surface area contributed by atoms with Crippen LogP contribution in [0.3, 0.4) is 0 Å². The lowest BCUT2D eigenvalue weighted by Crippen LogP contribution is -1.96. The van der Waals surface area contributed by atoms with Gasteiger partial charge in [0.1, 0.15) is 0 Å². The molecule has 26 heavy (non-hydrogen) atoms. The summed E-state index contributed by atoms with van der Waals surface area (Å²) in [5, 5.41) is 11.4. The minimum absolute atomic E-state index is 0.297. The second kappa shape index (κ2) is 6.23. The lowest BCUT2D eigenvalue weighted by atomic mass is 10.1. The highest BCUT2D eigenvalue weighted by molar-refractivity contribution is 6.09. The van der Waals surface area contributed by atoms with Gasteiger partial charge >= 0.3 is 5.97 Å². The molecule has 4 aromatic rings. The molecule has 0 radical (unpaired) electrons. The van der Waals surface area contributed by atoms with Gasteiger partial charge in [0.05, 0.1) is 17.6 Å². The molecule has 1 aromatic heterocycles. The number of carboxylic acids is 1. The molecular weight excluding hydrogens is 324 g/mol. The van der Waals surface area contributed by atoms with E-state index in [1.54, 1.807) is 0 Å². The van der Waals surface area contributed by atoms with Crippen LogP contribution in [0.2, 0.25) is 0 Å². The Morgan fingerprint density at radius 1 is 0.885 bits per heavy atom. The number of para-hydroxylation sites is 2. The second-order valence-corrected chi connectivity index (χ2v) is 5.91. The molecule has 0 fully saturated rings. The lowest BCUT2D eigenvalue weighted by molar-refractivity contribution is -0.132. The molecule has 0 saturated heterocycles. The Morgan fingerprint density at radius 3 is 1.92 bits per heavy atom. The summed E-state index contributed by atoms with van der Waals surface area (Å²) in [6.07, 6.45) is 1.38. The average Bonchev–Trinajstić information content (AvgIpc) is 3.01. The first kappa shape index (κ1) is 15.7. The fourth-order valence-electron chi connectivity index (χ4n) is 3.22. The monoisotopic (exact) mass is 338 g/mol. The Bertz CT molecular complexity index is 1160. The van der Waals surface area contributed by atoms with Gasteiger partial charge in [-0.1, -0.05) is 48.5 Å². The summed E-state index contributed by atoms with van der Waals surface area (Å²) in [7, 11) is 0. The van der Waals surface area contributed by atoms with Crippen molar-refractivity contribution in [1.29, 1.82) is 0 Å². The molecule has 1 N–H and O–H groups in total. The van der Waals surface area contributed by atoms with Crippen molar-refractivity contribution in [3.05, 3.63) is 95.5 Å². The predicted octanol–water partition coefficient (Wildman–Crippen LogP) is 5.13. The zero-order valence-electron chi connectivity index (χ0n) is 13.8. The highest BCUT2D eigenvalue weighted by Crippen LogP contribution is 2.31. The molecule has 0 spiro atoms.